The fraction of sp³-hybridized carbons (Fsp3) is 0.188. The van der Waals surface area contributed by atoms with E-state index in [1.807, 2.05) is 0 Å². The highest BCUT2D eigenvalue weighted by atomic mass is 15.3. The zero-order chi connectivity index (χ0) is 14.7. The molecular weight excluding hydrogens is 262 g/mol. The van der Waals surface area contributed by atoms with Crippen LogP contribution in [-0.2, 0) is 6.42 Å². The lowest BCUT2D eigenvalue weighted by Crippen LogP contribution is -2.00. The van der Waals surface area contributed by atoms with Crippen LogP contribution in [0.15, 0.2) is 48.9 Å². The third-order valence-electron chi connectivity index (χ3n) is 3.27. The standard InChI is InChI=1S/C16H17N5/c1-2-4-12-5-7-13(8-6-12)15-14(17)11-21(20-15)16-18-9-3-10-19-16/h3,5-11H,2,4,17H2,1H3. The molecule has 0 aliphatic carbocycles. The number of aromatic nitrogens is 4. The number of nitrogen functional groups attached to an aromatic ring is 1. The van der Waals surface area contributed by atoms with Gasteiger partial charge in [0.25, 0.3) is 5.95 Å². The van der Waals surface area contributed by atoms with Gasteiger partial charge in [0, 0.05) is 18.0 Å². The number of anilines is 1. The van der Waals surface area contributed by atoms with Gasteiger partial charge in [-0.3, -0.25) is 0 Å². The second kappa shape index (κ2) is 5.75. The molecular formula is C16H17N5. The first kappa shape index (κ1) is 13.3. The van der Waals surface area contributed by atoms with Crippen LogP contribution in [0.25, 0.3) is 17.2 Å². The van der Waals surface area contributed by atoms with Gasteiger partial charge in [0.1, 0.15) is 5.69 Å². The van der Waals surface area contributed by atoms with Gasteiger partial charge >= 0.3 is 0 Å². The van der Waals surface area contributed by atoms with Crippen molar-refractivity contribution in [3.05, 3.63) is 54.5 Å². The number of aryl methyl sites for hydroxylation is 1. The van der Waals surface area contributed by atoms with E-state index in [0.717, 1.165) is 24.1 Å². The van der Waals surface area contributed by atoms with E-state index in [9.17, 15) is 0 Å². The minimum atomic E-state index is 0.512. The fourth-order valence-corrected chi connectivity index (χ4v) is 2.24. The molecule has 0 amide bonds. The minimum Gasteiger partial charge on any atom is -0.396 e. The molecule has 106 valence electrons. The number of hydrogen-bond acceptors (Lipinski definition) is 4. The van der Waals surface area contributed by atoms with Crippen molar-refractivity contribution in [2.45, 2.75) is 19.8 Å². The topological polar surface area (TPSA) is 69.6 Å². The lowest BCUT2D eigenvalue weighted by molar-refractivity contribution is 0.811. The van der Waals surface area contributed by atoms with Crippen LogP contribution in [0.5, 0.6) is 0 Å². The number of rotatable bonds is 4. The van der Waals surface area contributed by atoms with Crippen LogP contribution < -0.4 is 5.73 Å². The highest BCUT2D eigenvalue weighted by Crippen LogP contribution is 2.25. The van der Waals surface area contributed by atoms with E-state index in [1.54, 1.807) is 29.3 Å². The first-order chi connectivity index (χ1) is 10.3. The maximum atomic E-state index is 6.07. The largest absolute Gasteiger partial charge is 0.396 e. The Labute approximate surface area is 123 Å². The van der Waals surface area contributed by atoms with Crippen LogP contribution in [0.3, 0.4) is 0 Å². The molecule has 5 heteroatoms. The van der Waals surface area contributed by atoms with Crippen LogP contribution in [0.4, 0.5) is 5.69 Å². The van der Waals surface area contributed by atoms with E-state index in [0.29, 0.717) is 11.6 Å². The number of nitrogens with zero attached hydrogens (tertiary/aromatic N) is 4. The average Bonchev–Trinajstić information content (AvgIpc) is 2.91. The highest BCUT2D eigenvalue weighted by molar-refractivity contribution is 5.72. The van der Waals surface area contributed by atoms with Gasteiger partial charge < -0.3 is 5.73 Å². The van der Waals surface area contributed by atoms with Crippen molar-refractivity contribution >= 4 is 5.69 Å². The molecule has 0 bridgehead atoms. The Kier molecular flexibility index (Phi) is 3.64. The minimum absolute atomic E-state index is 0.512. The van der Waals surface area contributed by atoms with E-state index in [-0.39, 0.29) is 0 Å². The van der Waals surface area contributed by atoms with Crippen LogP contribution in [0, 0.1) is 0 Å². The summed E-state index contributed by atoms with van der Waals surface area (Å²) in [6.45, 7) is 2.17. The second-order valence-corrected chi connectivity index (χ2v) is 4.87. The van der Waals surface area contributed by atoms with Crippen molar-refractivity contribution in [1.29, 1.82) is 0 Å². The third kappa shape index (κ3) is 2.76. The van der Waals surface area contributed by atoms with Crippen LogP contribution in [-0.4, -0.2) is 19.7 Å². The highest BCUT2D eigenvalue weighted by Gasteiger charge is 2.10. The first-order valence-electron chi connectivity index (χ1n) is 7.00. The average molecular weight is 279 g/mol. The summed E-state index contributed by atoms with van der Waals surface area (Å²) in [6.07, 6.45) is 7.33. The van der Waals surface area contributed by atoms with Gasteiger partial charge in [-0.1, -0.05) is 37.6 Å². The van der Waals surface area contributed by atoms with E-state index >= 15 is 0 Å². The summed E-state index contributed by atoms with van der Waals surface area (Å²) in [5.74, 6) is 0.512. The molecule has 1 aromatic carbocycles. The molecule has 5 nitrogen and oxygen atoms in total. The molecule has 0 spiro atoms. The molecule has 3 aromatic rings. The Bertz CT molecular complexity index is 716. The fourth-order valence-electron chi connectivity index (χ4n) is 2.24. The van der Waals surface area contributed by atoms with Crippen molar-refractivity contribution in [1.82, 2.24) is 19.7 Å². The molecule has 2 heterocycles. The van der Waals surface area contributed by atoms with E-state index in [1.165, 1.54) is 5.56 Å². The second-order valence-electron chi connectivity index (χ2n) is 4.87. The van der Waals surface area contributed by atoms with Crippen molar-refractivity contribution in [3.63, 3.8) is 0 Å². The summed E-state index contributed by atoms with van der Waals surface area (Å²) < 4.78 is 1.60. The zero-order valence-corrected chi connectivity index (χ0v) is 11.9. The van der Waals surface area contributed by atoms with Crippen LogP contribution in [0.1, 0.15) is 18.9 Å². The Morgan fingerprint density at radius 2 is 1.81 bits per heavy atom. The van der Waals surface area contributed by atoms with Crippen LogP contribution in [0.2, 0.25) is 0 Å². The lowest BCUT2D eigenvalue weighted by atomic mass is 10.1. The summed E-state index contributed by atoms with van der Waals surface area (Å²) in [6, 6.07) is 10.1. The van der Waals surface area contributed by atoms with Crippen molar-refractivity contribution in [2.24, 2.45) is 0 Å². The Balaban J connectivity index is 1.94. The SMILES string of the molecule is CCCc1ccc(-c2nn(-c3ncccn3)cc2N)cc1. The van der Waals surface area contributed by atoms with Crippen molar-refractivity contribution < 1.29 is 0 Å². The maximum absolute atomic E-state index is 6.07. The van der Waals surface area contributed by atoms with Gasteiger partial charge in [0.15, 0.2) is 0 Å². The molecule has 2 aromatic heterocycles. The Morgan fingerprint density at radius 1 is 1.10 bits per heavy atom. The molecule has 2 N–H and O–H groups in total. The van der Waals surface area contributed by atoms with Crippen molar-refractivity contribution in [2.75, 3.05) is 5.73 Å². The van der Waals surface area contributed by atoms with E-state index in [4.69, 9.17) is 5.73 Å². The molecule has 0 aliphatic heterocycles. The summed E-state index contributed by atoms with van der Waals surface area (Å²) in [7, 11) is 0. The van der Waals surface area contributed by atoms with E-state index < -0.39 is 0 Å². The van der Waals surface area contributed by atoms with Gasteiger partial charge in [-0.05, 0) is 18.1 Å². The normalized spacial score (nSPS) is 10.7. The molecule has 0 unspecified atom stereocenters. The quantitative estimate of drug-likeness (QED) is 0.797. The van der Waals surface area contributed by atoms with Crippen LogP contribution >= 0.6 is 0 Å². The van der Waals surface area contributed by atoms with E-state index in [2.05, 4.69) is 46.3 Å². The molecule has 0 atom stereocenters. The smallest absolute Gasteiger partial charge is 0.250 e. The molecule has 3 rings (SSSR count). The van der Waals surface area contributed by atoms with Gasteiger partial charge in [-0.15, -0.1) is 0 Å². The summed E-state index contributed by atoms with van der Waals surface area (Å²) >= 11 is 0. The molecule has 0 fully saturated rings. The van der Waals surface area contributed by atoms with Gasteiger partial charge in [0.2, 0.25) is 0 Å². The van der Waals surface area contributed by atoms with Gasteiger partial charge in [0.05, 0.1) is 11.9 Å². The number of nitrogens with two attached hydrogens (primary N) is 1. The molecule has 0 aliphatic rings. The molecule has 21 heavy (non-hydrogen) atoms. The number of hydrogen-bond donors (Lipinski definition) is 1. The molecule has 0 saturated carbocycles. The zero-order valence-electron chi connectivity index (χ0n) is 11.9. The molecule has 0 radical (unpaired) electrons. The predicted molar refractivity (Wildman–Crippen MR) is 83.0 cm³/mol. The lowest BCUT2D eigenvalue weighted by Gasteiger charge is -2.02. The van der Waals surface area contributed by atoms with Gasteiger partial charge in [-0.25, -0.2) is 14.6 Å². The monoisotopic (exact) mass is 279 g/mol. The Morgan fingerprint density at radius 3 is 2.48 bits per heavy atom. The summed E-state index contributed by atoms with van der Waals surface area (Å²) in [4.78, 5) is 8.34. The summed E-state index contributed by atoms with van der Waals surface area (Å²) in [5.41, 5.74) is 9.77. The Hall–Kier alpha value is -2.69. The summed E-state index contributed by atoms with van der Waals surface area (Å²) in [5, 5.41) is 4.49. The molecule has 0 saturated heterocycles. The predicted octanol–water partition coefficient (Wildman–Crippen LogP) is 2.86. The van der Waals surface area contributed by atoms with Gasteiger partial charge in [-0.2, -0.15) is 5.10 Å². The third-order valence-corrected chi connectivity index (χ3v) is 3.27. The maximum Gasteiger partial charge on any atom is 0.250 e. The first-order valence-corrected chi connectivity index (χ1v) is 7.00. The van der Waals surface area contributed by atoms with Crippen molar-refractivity contribution in [3.8, 4) is 17.2 Å². The number of benzene rings is 1.